The van der Waals surface area contributed by atoms with Crippen LogP contribution in [0.25, 0.3) is 0 Å². The molecule has 0 bridgehead atoms. The predicted octanol–water partition coefficient (Wildman–Crippen LogP) is 2.46. The Labute approximate surface area is 170 Å². The van der Waals surface area contributed by atoms with Crippen molar-refractivity contribution in [3.63, 3.8) is 0 Å². The lowest BCUT2D eigenvalue weighted by atomic mass is 10.0. The summed E-state index contributed by atoms with van der Waals surface area (Å²) in [5.41, 5.74) is 1.43. The second kappa shape index (κ2) is 11.0. The van der Waals surface area contributed by atoms with Crippen LogP contribution in [0.5, 0.6) is 0 Å². The molecule has 142 valence electrons. The summed E-state index contributed by atoms with van der Waals surface area (Å²) in [6.07, 6.45) is 1.10. The Morgan fingerprint density at radius 1 is 1.08 bits per heavy atom. The van der Waals surface area contributed by atoms with Gasteiger partial charge in [0.2, 0.25) is 0 Å². The number of likely N-dealkylation sites (N-methyl/N-ethyl adjacent to an activating group) is 1. The van der Waals surface area contributed by atoms with E-state index in [9.17, 15) is 0 Å². The Kier molecular flexibility index (Phi) is 9.74. The van der Waals surface area contributed by atoms with Crippen molar-refractivity contribution in [3.8, 4) is 0 Å². The minimum Gasteiger partial charge on any atom is -0.349 e. The first kappa shape index (κ1) is 22.2. The topological polar surface area (TPSA) is 25.3 Å². The van der Waals surface area contributed by atoms with E-state index in [1.165, 1.54) is 5.56 Å². The summed E-state index contributed by atoms with van der Waals surface area (Å²) >= 11 is 0. The van der Waals surface area contributed by atoms with Gasteiger partial charge in [0.25, 0.3) is 0 Å². The van der Waals surface area contributed by atoms with E-state index in [1.54, 1.807) is 0 Å². The summed E-state index contributed by atoms with van der Waals surface area (Å²) in [6, 6.07) is 11.4. The second-order valence-corrected chi connectivity index (χ2v) is 7.05. The summed E-state index contributed by atoms with van der Waals surface area (Å²) in [7, 11) is 10.4. The van der Waals surface area contributed by atoms with Crippen LogP contribution in [-0.4, -0.2) is 93.5 Å². The first-order valence-electron chi connectivity index (χ1n) is 8.85. The zero-order valence-electron chi connectivity index (χ0n) is 16.4. The number of nitrogens with zero attached hydrogens (tertiary/aromatic N) is 5. The molecule has 1 atom stereocenters. The lowest BCUT2D eigenvalue weighted by molar-refractivity contribution is 0.0894. The number of guanidine groups is 1. The van der Waals surface area contributed by atoms with Crippen molar-refractivity contribution >= 4 is 29.9 Å². The van der Waals surface area contributed by atoms with Crippen molar-refractivity contribution in [2.45, 2.75) is 12.5 Å². The third-order valence-corrected chi connectivity index (χ3v) is 4.54. The monoisotopic (exact) mass is 459 g/mol. The highest BCUT2D eigenvalue weighted by molar-refractivity contribution is 14.0. The highest BCUT2D eigenvalue weighted by atomic mass is 127. The standard InChI is InChI=1S/C19H33N5.HI/c1-21(2)19(22(3)4)20-12-9-13-24-15-14-23(5)16-18(24)17-10-7-6-8-11-17;/h6-8,10-11,18H,9,12-16H2,1-5H3;1H. The maximum Gasteiger partial charge on any atom is 0.195 e. The predicted molar refractivity (Wildman–Crippen MR) is 118 cm³/mol. The summed E-state index contributed by atoms with van der Waals surface area (Å²) < 4.78 is 0. The quantitative estimate of drug-likeness (QED) is 0.293. The van der Waals surface area contributed by atoms with Crippen molar-refractivity contribution in [2.75, 3.05) is 68.0 Å². The molecule has 6 heteroatoms. The van der Waals surface area contributed by atoms with Gasteiger partial charge in [-0.25, -0.2) is 0 Å². The first-order valence-corrected chi connectivity index (χ1v) is 8.85. The molecule has 1 heterocycles. The van der Waals surface area contributed by atoms with Gasteiger partial charge in [-0.2, -0.15) is 0 Å². The van der Waals surface area contributed by atoms with E-state index in [1.807, 2.05) is 28.2 Å². The average molecular weight is 459 g/mol. The lowest BCUT2D eigenvalue weighted by Crippen LogP contribution is -2.47. The van der Waals surface area contributed by atoms with Gasteiger partial charge in [0.15, 0.2) is 5.96 Å². The lowest BCUT2D eigenvalue weighted by Gasteiger charge is -2.40. The van der Waals surface area contributed by atoms with Crippen LogP contribution in [0.15, 0.2) is 35.3 Å². The van der Waals surface area contributed by atoms with E-state index < -0.39 is 0 Å². The third kappa shape index (κ3) is 6.75. The van der Waals surface area contributed by atoms with Gasteiger partial charge in [-0.3, -0.25) is 9.89 Å². The third-order valence-electron chi connectivity index (χ3n) is 4.54. The summed E-state index contributed by atoms with van der Waals surface area (Å²) in [5.74, 6) is 1.04. The highest BCUT2D eigenvalue weighted by Crippen LogP contribution is 2.24. The summed E-state index contributed by atoms with van der Waals surface area (Å²) in [5, 5.41) is 0. The Balaban J connectivity index is 0.00000312. The smallest absolute Gasteiger partial charge is 0.195 e. The van der Waals surface area contributed by atoms with E-state index in [0.29, 0.717) is 6.04 Å². The largest absolute Gasteiger partial charge is 0.349 e. The molecule has 1 aliphatic rings. The van der Waals surface area contributed by atoms with Crippen LogP contribution in [0.1, 0.15) is 18.0 Å². The fourth-order valence-corrected chi connectivity index (χ4v) is 3.35. The molecule has 0 amide bonds. The Morgan fingerprint density at radius 2 is 1.72 bits per heavy atom. The van der Waals surface area contributed by atoms with Gasteiger partial charge >= 0.3 is 0 Å². The second-order valence-electron chi connectivity index (χ2n) is 7.05. The van der Waals surface area contributed by atoms with Crippen molar-refractivity contribution < 1.29 is 0 Å². The molecule has 0 spiro atoms. The molecular weight excluding hydrogens is 425 g/mol. The van der Waals surface area contributed by atoms with E-state index in [4.69, 9.17) is 4.99 Å². The molecule has 1 unspecified atom stereocenters. The molecule has 1 aromatic rings. The van der Waals surface area contributed by atoms with Gasteiger partial charge in [0.05, 0.1) is 0 Å². The molecule has 1 fully saturated rings. The van der Waals surface area contributed by atoms with Gasteiger partial charge in [0.1, 0.15) is 0 Å². The van der Waals surface area contributed by atoms with Crippen LogP contribution in [0.4, 0.5) is 0 Å². The molecule has 25 heavy (non-hydrogen) atoms. The van der Waals surface area contributed by atoms with Crippen LogP contribution in [0.3, 0.4) is 0 Å². The number of piperazine rings is 1. The van der Waals surface area contributed by atoms with Crippen LogP contribution < -0.4 is 0 Å². The normalized spacial score (nSPS) is 18.4. The van der Waals surface area contributed by atoms with Gasteiger partial charge in [-0.05, 0) is 19.0 Å². The van der Waals surface area contributed by atoms with Gasteiger partial charge in [-0.15, -0.1) is 24.0 Å². The zero-order chi connectivity index (χ0) is 17.5. The van der Waals surface area contributed by atoms with E-state index in [-0.39, 0.29) is 24.0 Å². The fraction of sp³-hybridized carbons (Fsp3) is 0.632. The van der Waals surface area contributed by atoms with Gasteiger partial charge in [0, 0.05) is 67.0 Å². The van der Waals surface area contributed by atoms with Crippen molar-refractivity contribution in [1.82, 2.24) is 19.6 Å². The fourth-order valence-electron chi connectivity index (χ4n) is 3.35. The molecule has 0 saturated carbocycles. The van der Waals surface area contributed by atoms with Crippen molar-refractivity contribution in [1.29, 1.82) is 0 Å². The number of rotatable bonds is 5. The Morgan fingerprint density at radius 3 is 2.32 bits per heavy atom. The molecule has 2 rings (SSSR count). The zero-order valence-corrected chi connectivity index (χ0v) is 18.7. The Hall–Kier alpha value is -0.860. The van der Waals surface area contributed by atoms with E-state index in [2.05, 4.69) is 57.0 Å². The number of hydrogen-bond donors (Lipinski definition) is 0. The molecule has 5 nitrogen and oxygen atoms in total. The van der Waals surface area contributed by atoms with Gasteiger partial charge < -0.3 is 14.7 Å². The number of aliphatic imine (C=N–C) groups is 1. The summed E-state index contributed by atoms with van der Waals surface area (Å²) in [4.78, 5) is 13.9. The minimum atomic E-state index is 0. The molecule has 0 aromatic heterocycles. The van der Waals surface area contributed by atoms with Crippen LogP contribution >= 0.6 is 24.0 Å². The van der Waals surface area contributed by atoms with E-state index >= 15 is 0 Å². The molecular formula is C19H34IN5. The number of halogens is 1. The number of hydrogen-bond acceptors (Lipinski definition) is 3. The van der Waals surface area contributed by atoms with Crippen LogP contribution in [0, 0.1) is 0 Å². The molecule has 1 saturated heterocycles. The molecule has 1 aliphatic heterocycles. The molecule has 1 aromatic carbocycles. The molecule has 0 radical (unpaired) electrons. The SMILES string of the molecule is CN1CCN(CCCN=C(N(C)C)N(C)C)C(c2ccccc2)C1.I. The average Bonchev–Trinajstić information content (AvgIpc) is 2.55. The summed E-state index contributed by atoms with van der Waals surface area (Å²) in [6.45, 7) is 5.36. The number of benzene rings is 1. The minimum absolute atomic E-state index is 0. The first-order chi connectivity index (χ1) is 11.5. The maximum absolute atomic E-state index is 4.75. The van der Waals surface area contributed by atoms with Crippen molar-refractivity contribution in [2.24, 2.45) is 4.99 Å². The maximum atomic E-state index is 4.75. The van der Waals surface area contributed by atoms with Gasteiger partial charge in [-0.1, -0.05) is 30.3 Å². The van der Waals surface area contributed by atoms with E-state index in [0.717, 1.165) is 45.1 Å². The highest BCUT2D eigenvalue weighted by Gasteiger charge is 2.25. The molecule has 0 N–H and O–H groups in total. The Bertz CT molecular complexity index is 508. The van der Waals surface area contributed by atoms with Crippen molar-refractivity contribution in [3.05, 3.63) is 35.9 Å². The van der Waals surface area contributed by atoms with Crippen LogP contribution in [0.2, 0.25) is 0 Å². The molecule has 0 aliphatic carbocycles. The van der Waals surface area contributed by atoms with Crippen LogP contribution in [-0.2, 0) is 0 Å².